The Balaban J connectivity index is 1.51. The summed E-state index contributed by atoms with van der Waals surface area (Å²) in [5.74, 6) is 0.776. The summed E-state index contributed by atoms with van der Waals surface area (Å²) >= 11 is 1.47. The van der Waals surface area contributed by atoms with Crippen molar-refractivity contribution in [3.63, 3.8) is 0 Å². The lowest BCUT2D eigenvalue weighted by Crippen LogP contribution is -2.51. The average molecular weight is 478 g/mol. The quantitative estimate of drug-likeness (QED) is 0.566. The molecule has 5 rings (SSSR count). The van der Waals surface area contributed by atoms with Crippen molar-refractivity contribution >= 4 is 35.1 Å². The zero-order chi connectivity index (χ0) is 23.9. The van der Waals surface area contributed by atoms with Crippen molar-refractivity contribution in [3.8, 4) is 5.75 Å². The number of hydrogen-bond donors (Lipinski definition) is 1. The maximum Gasteiger partial charge on any atom is 0.323 e. The third-order valence-corrected chi connectivity index (χ3v) is 7.59. The lowest BCUT2D eigenvalue weighted by atomic mass is 10.0. The third-order valence-electron chi connectivity index (χ3n) is 6.17. The van der Waals surface area contributed by atoms with Crippen LogP contribution in [0.1, 0.15) is 16.7 Å². The number of halogens is 1. The second kappa shape index (κ2) is 8.68. The summed E-state index contributed by atoms with van der Waals surface area (Å²) in [6, 6.07) is 18.8. The van der Waals surface area contributed by atoms with Crippen LogP contribution in [0, 0.1) is 12.7 Å². The molecule has 2 heterocycles. The molecule has 0 aromatic heterocycles. The highest BCUT2D eigenvalue weighted by atomic mass is 32.2. The maximum atomic E-state index is 14.0. The minimum atomic E-state index is -1.15. The summed E-state index contributed by atoms with van der Waals surface area (Å²) in [6.07, 6.45) is 0. The van der Waals surface area contributed by atoms with Crippen molar-refractivity contribution < 1.29 is 18.7 Å². The van der Waals surface area contributed by atoms with E-state index in [0.717, 1.165) is 22.4 Å². The van der Waals surface area contributed by atoms with Gasteiger partial charge in [-0.1, -0.05) is 35.9 Å². The van der Waals surface area contributed by atoms with Gasteiger partial charge in [0, 0.05) is 29.6 Å². The SMILES string of the molecule is COc1cccc(NC(=O)N2CCS[C@]23C(=O)N(Cc2ccc(F)cc2)c2ccc(C)cc23)c1. The number of fused-ring (bicyclic) bond motifs is 2. The zero-order valence-electron chi connectivity index (χ0n) is 18.9. The van der Waals surface area contributed by atoms with E-state index in [1.165, 1.54) is 23.9 Å². The number of methoxy groups -OCH3 is 1. The lowest BCUT2D eigenvalue weighted by molar-refractivity contribution is -0.123. The number of rotatable bonds is 4. The number of thioether (sulfide) groups is 1. The van der Waals surface area contributed by atoms with E-state index in [1.807, 2.05) is 25.1 Å². The van der Waals surface area contributed by atoms with Gasteiger partial charge in [0.25, 0.3) is 5.91 Å². The first-order chi connectivity index (χ1) is 16.4. The van der Waals surface area contributed by atoms with Gasteiger partial charge in [-0.25, -0.2) is 9.18 Å². The fourth-order valence-electron chi connectivity index (χ4n) is 4.55. The number of aryl methyl sites for hydroxylation is 1. The molecule has 2 aliphatic rings. The molecule has 3 aromatic rings. The van der Waals surface area contributed by atoms with Gasteiger partial charge in [-0.15, -0.1) is 11.8 Å². The number of benzene rings is 3. The molecule has 1 saturated heterocycles. The van der Waals surface area contributed by atoms with Crippen LogP contribution in [0.4, 0.5) is 20.6 Å². The van der Waals surface area contributed by atoms with Crippen LogP contribution in [0.25, 0.3) is 0 Å². The number of amides is 3. The van der Waals surface area contributed by atoms with E-state index in [9.17, 15) is 14.0 Å². The van der Waals surface area contributed by atoms with E-state index < -0.39 is 4.87 Å². The van der Waals surface area contributed by atoms with Gasteiger partial charge >= 0.3 is 6.03 Å². The largest absolute Gasteiger partial charge is 0.497 e. The summed E-state index contributed by atoms with van der Waals surface area (Å²) in [4.78, 5) is 29.7. The van der Waals surface area contributed by atoms with E-state index in [1.54, 1.807) is 53.3 Å². The minimum Gasteiger partial charge on any atom is -0.497 e. The van der Waals surface area contributed by atoms with Gasteiger partial charge in [0.15, 0.2) is 4.87 Å². The van der Waals surface area contributed by atoms with Gasteiger partial charge in [0.05, 0.1) is 19.3 Å². The Hall–Kier alpha value is -3.52. The Kier molecular flexibility index (Phi) is 5.69. The van der Waals surface area contributed by atoms with Crippen molar-refractivity contribution in [1.29, 1.82) is 0 Å². The van der Waals surface area contributed by atoms with Crippen molar-refractivity contribution in [2.45, 2.75) is 18.3 Å². The number of carbonyl (C=O) groups is 2. The maximum absolute atomic E-state index is 14.0. The second-order valence-electron chi connectivity index (χ2n) is 8.34. The van der Waals surface area contributed by atoms with E-state index in [-0.39, 0.29) is 17.8 Å². The molecule has 174 valence electrons. The molecular formula is C26H24FN3O3S. The average Bonchev–Trinajstić information content (AvgIpc) is 3.38. The van der Waals surface area contributed by atoms with Gasteiger partial charge in [-0.2, -0.15) is 0 Å². The molecule has 1 spiro atoms. The number of carbonyl (C=O) groups excluding carboxylic acids is 2. The van der Waals surface area contributed by atoms with Crippen LogP contribution in [0.5, 0.6) is 5.75 Å². The fraction of sp³-hybridized carbons (Fsp3) is 0.231. The summed E-state index contributed by atoms with van der Waals surface area (Å²) < 4.78 is 18.7. The summed E-state index contributed by atoms with van der Waals surface area (Å²) in [5.41, 5.74) is 4.00. The van der Waals surface area contributed by atoms with Crippen LogP contribution in [0.2, 0.25) is 0 Å². The van der Waals surface area contributed by atoms with Crippen LogP contribution in [0.3, 0.4) is 0 Å². The number of nitrogens with zero attached hydrogens (tertiary/aromatic N) is 2. The number of urea groups is 1. The molecular weight excluding hydrogens is 453 g/mol. The van der Waals surface area contributed by atoms with E-state index in [4.69, 9.17) is 4.74 Å². The number of hydrogen-bond acceptors (Lipinski definition) is 4. The molecule has 1 fully saturated rings. The molecule has 0 saturated carbocycles. The molecule has 0 radical (unpaired) electrons. The van der Waals surface area contributed by atoms with Crippen molar-refractivity contribution in [3.05, 3.63) is 89.2 Å². The molecule has 34 heavy (non-hydrogen) atoms. The highest BCUT2D eigenvalue weighted by Crippen LogP contribution is 2.54. The summed E-state index contributed by atoms with van der Waals surface area (Å²) in [6.45, 7) is 2.70. The van der Waals surface area contributed by atoms with Gasteiger partial charge in [0.1, 0.15) is 11.6 Å². The number of nitrogens with one attached hydrogen (secondary N) is 1. The molecule has 3 aromatic carbocycles. The smallest absolute Gasteiger partial charge is 0.323 e. The van der Waals surface area contributed by atoms with Crippen molar-refractivity contribution in [1.82, 2.24) is 4.90 Å². The fourth-order valence-corrected chi connectivity index (χ4v) is 6.00. The Labute approximate surface area is 201 Å². The summed E-state index contributed by atoms with van der Waals surface area (Å²) in [5, 5.41) is 2.93. The van der Waals surface area contributed by atoms with Gasteiger partial charge in [-0.05, 0) is 42.8 Å². The topological polar surface area (TPSA) is 61.9 Å². The van der Waals surface area contributed by atoms with Crippen molar-refractivity contribution in [2.75, 3.05) is 29.6 Å². The first-order valence-corrected chi connectivity index (χ1v) is 11.9. The molecule has 0 unspecified atom stereocenters. The van der Waals surface area contributed by atoms with Crippen LogP contribution >= 0.6 is 11.8 Å². The first-order valence-electron chi connectivity index (χ1n) is 11.0. The highest BCUT2D eigenvalue weighted by molar-refractivity contribution is 8.01. The second-order valence-corrected chi connectivity index (χ2v) is 9.63. The summed E-state index contributed by atoms with van der Waals surface area (Å²) in [7, 11) is 1.57. The number of ether oxygens (including phenoxy) is 1. The van der Waals surface area contributed by atoms with Crippen LogP contribution in [0.15, 0.2) is 66.7 Å². The normalized spacial score (nSPS) is 19.0. The third kappa shape index (κ3) is 3.68. The molecule has 1 atom stereocenters. The van der Waals surface area contributed by atoms with Crippen LogP contribution in [-0.2, 0) is 16.2 Å². The number of anilines is 2. The predicted molar refractivity (Wildman–Crippen MR) is 132 cm³/mol. The van der Waals surface area contributed by atoms with E-state index in [2.05, 4.69) is 5.32 Å². The van der Waals surface area contributed by atoms with E-state index in [0.29, 0.717) is 30.3 Å². The van der Waals surface area contributed by atoms with Gasteiger partial charge < -0.3 is 15.0 Å². The Bertz CT molecular complexity index is 1270. The molecule has 2 aliphatic heterocycles. The molecule has 3 amide bonds. The van der Waals surface area contributed by atoms with Crippen LogP contribution < -0.4 is 15.0 Å². The van der Waals surface area contributed by atoms with E-state index >= 15 is 0 Å². The van der Waals surface area contributed by atoms with Crippen LogP contribution in [-0.4, -0.2) is 36.2 Å². The zero-order valence-corrected chi connectivity index (χ0v) is 19.7. The molecule has 8 heteroatoms. The first kappa shape index (κ1) is 22.3. The Morgan fingerprint density at radius 1 is 1.15 bits per heavy atom. The molecule has 0 aliphatic carbocycles. The van der Waals surface area contributed by atoms with Crippen molar-refractivity contribution in [2.24, 2.45) is 0 Å². The minimum absolute atomic E-state index is 0.166. The molecule has 0 bridgehead atoms. The highest BCUT2D eigenvalue weighted by Gasteiger charge is 2.59. The van der Waals surface area contributed by atoms with Gasteiger partial charge in [0.2, 0.25) is 0 Å². The molecule has 1 N–H and O–H groups in total. The Morgan fingerprint density at radius 2 is 1.94 bits per heavy atom. The predicted octanol–water partition coefficient (Wildman–Crippen LogP) is 5.12. The monoisotopic (exact) mass is 477 g/mol. The van der Waals surface area contributed by atoms with Gasteiger partial charge in [-0.3, -0.25) is 9.69 Å². The lowest BCUT2D eigenvalue weighted by Gasteiger charge is -2.33. The standard InChI is InChI=1S/C26H24FN3O3S/c1-17-6-11-23-22(14-17)26(24(31)29(23)16-18-7-9-19(27)10-8-18)30(12-13-34-26)25(32)28-20-4-3-5-21(15-20)33-2/h3-11,14-15H,12-13,16H2,1-2H3,(H,28,32)/t26-/m1/s1. The molecule has 6 nitrogen and oxygen atoms in total. The Morgan fingerprint density at radius 3 is 2.71 bits per heavy atom.